The molecule has 0 saturated carbocycles. The Bertz CT molecular complexity index is 481. The maximum absolute atomic E-state index is 13.0. The summed E-state index contributed by atoms with van der Waals surface area (Å²) in [6, 6.07) is 3.93. The summed E-state index contributed by atoms with van der Waals surface area (Å²) in [4.78, 5) is 0. The van der Waals surface area contributed by atoms with Crippen molar-refractivity contribution in [3.8, 4) is 5.75 Å². The molecule has 0 atom stereocenters. The molecule has 1 aliphatic heterocycles. The minimum Gasteiger partial charge on any atom is -0.365 e. The standard InChI is InChI=1S/C7H4FNO3S/c8-6-2-1-3-7-5(6)4-9-13(10,11)12-7/h1-4H. The third-order valence-corrected chi connectivity index (χ3v) is 2.27. The van der Waals surface area contributed by atoms with E-state index in [1.54, 1.807) is 0 Å². The molecule has 1 aromatic rings. The lowest BCUT2D eigenvalue weighted by Gasteiger charge is -2.10. The lowest BCUT2D eigenvalue weighted by Crippen LogP contribution is -2.13. The summed E-state index contributed by atoms with van der Waals surface area (Å²) < 4.78 is 42.0. The molecule has 68 valence electrons. The number of rotatable bonds is 0. The molecule has 13 heavy (non-hydrogen) atoms. The summed E-state index contributed by atoms with van der Waals surface area (Å²) in [5, 5.41) is 0. The second-order valence-corrected chi connectivity index (χ2v) is 3.63. The van der Waals surface area contributed by atoms with Gasteiger partial charge in [-0.2, -0.15) is 8.42 Å². The van der Waals surface area contributed by atoms with E-state index in [1.807, 2.05) is 0 Å². The van der Waals surface area contributed by atoms with Gasteiger partial charge in [0, 0.05) is 0 Å². The lowest BCUT2D eigenvalue weighted by molar-refractivity contribution is 0.481. The fraction of sp³-hybridized carbons (Fsp3) is 0. The summed E-state index contributed by atoms with van der Waals surface area (Å²) >= 11 is 0. The molecule has 2 rings (SSSR count). The predicted molar refractivity (Wildman–Crippen MR) is 43.5 cm³/mol. The average Bonchev–Trinajstić information content (AvgIpc) is 2.02. The monoisotopic (exact) mass is 201 g/mol. The van der Waals surface area contributed by atoms with Gasteiger partial charge in [0.1, 0.15) is 5.82 Å². The number of hydrogen-bond donors (Lipinski definition) is 0. The molecule has 4 nitrogen and oxygen atoms in total. The van der Waals surface area contributed by atoms with Crippen LogP contribution < -0.4 is 4.18 Å². The number of fused-ring (bicyclic) bond motifs is 1. The minimum atomic E-state index is -3.91. The van der Waals surface area contributed by atoms with E-state index in [9.17, 15) is 12.8 Å². The zero-order valence-electron chi connectivity index (χ0n) is 6.27. The van der Waals surface area contributed by atoms with Gasteiger partial charge >= 0.3 is 10.3 Å². The summed E-state index contributed by atoms with van der Waals surface area (Å²) in [7, 11) is -3.91. The second-order valence-electron chi connectivity index (χ2n) is 2.40. The quantitative estimate of drug-likeness (QED) is 0.626. The van der Waals surface area contributed by atoms with Gasteiger partial charge in [0.2, 0.25) is 0 Å². The van der Waals surface area contributed by atoms with E-state index >= 15 is 0 Å². The van der Waals surface area contributed by atoms with Gasteiger partial charge in [-0.25, -0.2) is 4.39 Å². The van der Waals surface area contributed by atoms with Crippen LogP contribution in [0.25, 0.3) is 0 Å². The maximum atomic E-state index is 13.0. The summed E-state index contributed by atoms with van der Waals surface area (Å²) in [6.07, 6.45) is 0.934. The van der Waals surface area contributed by atoms with Gasteiger partial charge in [0.15, 0.2) is 5.75 Å². The first-order valence-corrected chi connectivity index (χ1v) is 4.73. The van der Waals surface area contributed by atoms with Gasteiger partial charge in [-0.15, -0.1) is 4.40 Å². The smallest absolute Gasteiger partial charge is 0.365 e. The number of nitrogens with zero attached hydrogens (tertiary/aromatic N) is 1. The fourth-order valence-corrected chi connectivity index (χ4v) is 1.62. The van der Waals surface area contributed by atoms with E-state index in [4.69, 9.17) is 0 Å². The van der Waals surface area contributed by atoms with Gasteiger partial charge in [-0.05, 0) is 12.1 Å². The summed E-state index contributed by atoms with van der Waals surface area (Å²) in [6.45, 7) is 0. The van der Waals surface area contributed by atoms with Crippen molar-refractivity contribution in [3.63, 3.8) is 0 Å². The first-order chi connectivity index (χ1) is 6.08. The van der Waals surface area contributed by atoms with Crippen molar-refractivity contribution in [2.24, 2.45) is 4.40 Å². The van der Waals surface area contributed by atoms with E-state index in [0.29, 0.717) is 0 Å². The highest BCUT2D eigenvalue weighted by molar-refractivity contribution is 7.86. The minimum absolute atomic E-state index is 0.0324. The van der Waals surface area contributed by atoms with Gasteiger partial charge in [-0.3, -0.25) is 0 Å². The zero-order chi connectivity index (χ0) is 9.47. The molecule has 1 aliphatic rings. The van der Waals surface area contributed by atoms with Crippen molar-refractivity contribution < 1.29 is 17.0 Å². The van der Waals surface area contributed by atoms with Gasteiger partial charge in [-0.1, -0.05) is 6.07 Å². The second kappa shape index (κ2) is 2.53. The molecule has 0 aromatic heterocycles. The molecule has 0 saturated heterocycles. The van der Waals surface area contributed by atoms with Crippen LogP contribution in [0, 0.1) is 5.82 Å². The number of hydrogen-bond acceptors (Lipinski definition) is 3. The molecular weight excluding hydrogens is 197 g/mol. The SMILES string of the molecule is O=S1(=O)N=Cc2c(F)cccc2O1. The van der Waals surface area contributed by atoms with Crippen LogP contribution in [-0.4, -0.2) is 14.6 Å². The Morgan fingerprint density at radius 3 is 2.92 bits per heavy atom. The first kappa shape index (κ1) is 8.18. The third-order valence-electron chi connectivity index (χ3n) is 1.52. The molecule has 6 heteroatoms. The van der Waals surface area contributed by atoms with Crippen molar-refractivity contribution in [2.75, 3.05) is 0 Å². The van der Waals surface area contributed by atoms with Crippen LogP contribution in [0.5, 0.6) is 5.75 Å². The first-order valence-electron chi connectivity index (χ1n) is 3.37. The van der Waals surface area contributed by atoms with E-state index in [2.05, 4.69) is 8.58 Å². The largest absolute Gasteiger partial charge is 0.428 e. The molecular formula is C7H4FNO3S. The number of benzene rings is 1. The summed E-state index contributed by atoms with van der Waals surface area (Å²) in [5.74, 6) is -0.592. The van der Waals surface area contributed by atoms with Crippen molar-refractivity contribution in [2.45, 2.75) is 0 Å². The average molecular weight is 201 g/mol. The highest BCUT2D eigenvalue weighted by atomic mass is 32.2. The molecule has 0 radical (unpaired) electrons. The van der Waals surface area contributed by atoms with Crippen molar-refractivity contribution in [3.05, 3.63) is 29.6 Å². The van der Waals surface area contributed by atoms with Crippen molar-refractivity contribution in [1.82, 2.24) is 0 Å². The molecule has 0 fully saturated rings. The Labute approximate surface area is 73.9 Å². The normalized spacial score (nSPS) is 17.6. The zero-order valence-corrected chi connectivity index (χ0v) is 7.08. The highest BCUT2D eigenvalue weighted by Crippen LogP contribution is 2.24. The van der Waals surface area contributed by atoms with Crippen molar-refractivity contribution in [1.29, 1.82) is 0 Å². The molecule has 1 aromatic carbocycles. The Balaban J connectivity index is 2.65. The van der Waals surface area contributed by atoms with Crippen LogP contribution >= 0.6 is 0 Å². The Morgan fingerprint density at radius 2 is 2.15 bits per heavy atom. The fourth-order valence-electron chi connectivity index (χ4n) is 0.967. The van der Waals surface area contributed by atoms with Crippen LogP contribution in [0.4, 0.5) is 4.39 Å². The van der Waals surface area contributed by atoms with Crippen LogP contribution in [0.2, 0.25) is 0 Å². The van der Waals surface area contributed by atoms with Crippen LogP contribution in [0.15, 0.2) is 22.6 Å². The van der Waals surface area contributed by atoms with E-state index < -0.39 is 16.1 Å². The van der Waals surface area contributed by atoms with Gasteiger partial charge in [0.05, 0.1) is 11.8 Å². The van der Waals surface area contributed by atoms with Crippen LogP contribution in [0.1, 0.15) is 5.56 Å². The van der Waals surface area contributed by atoms with E-state index in [0.717, 1.165) is 6.21 Å². The highest BCUT2D eigenvalue weighted by Gasteiger charge is 2.20. The Kier molecular flexibility index (Phi) is 1.59. The Hall–Kier alpha value is -1.43. The van der Waals surface area contributed by atoms with Crippen LogP contribution in [-0.2, 0) is 10.3 Å². The molecule has 0 aliphatic carbocycles. The molecule has 0 amide bonds. The Morgan fingerprint density at radius 1 is 1.38 bits per heavy atom. The van der Waals surface area contributed by atoms with Gasteiger partial charge in [0.25, 0.3) is 0 Å². The van der Waals surface area contributed by atoms with Crippen LogP contribution in [0.3, 0.4) is 0 Å². The predicted octanol–water partition coefficient (Wildman–Crippen LogP) is 0.882. The number of halogens is 1. The van der Waals surface area contributed by atoms with E-state index in [1.165, 1.54) is 18.2 Å². The lowest BCUT2D eigenvalue weighted by atomic mass is 10.2. The molecule has 0 unspecified atom stereocenters. The molecule has 0 bridgehead atoms. The molecule has 0 N–H and O–H groups in total. The maximum Gasteiger partial charge on any atom is 0.428 e. The topological polar surface area (TPSA) is 55.7 Å². The summed E-state index contributed by atoms with van der Waals surface area (Å²) in [5.41, 5.74) is 0.0531. The van der Waals surface area contributed by atoms with E-state index in [-0.39, 0.29) is 11.3 Å². The molecule has 1 heterocycles. The third kappa shape index (κ3) is 1.40. The van der Waals surface area contributed by atoms with Gasteiger partial charge < -0.3 is 4.18 Å². The van der Waals surface area contributed by atoms with Crippen molar-refractivity contribution >= 4 is 16.5 Å². The molecule has 0 spiro atoms.